The second-order valence-electron chi connectivity index (χ2n) is 6.28. The van der Waals surface area contributed by atoms with Crippen molar-refractivity contribution in [2.45, 2.75) is 25.7 Å². The van der Waals surface area contributed by atoms with Gasteiger partial charge in [0, 0.05) is 37.1 Å². The van der Waals surface area contributed by atoms with E-state index >= 15 is 0 Å². The second kappa shape index (κ2) is 4.95. The highest BCUT2D eigenvalue weighted by Gasteiger charge is 2.39. The molecule has 19 heavy (non-hydrogen) atoms. The Balaban J connectivity index is 1.70. The van der Waals surface area contributed by atoms with Crippen LogP contribution in [-0.2, 0) is 0 Å². The maximum atomic E-state index is 5.93. The lowest BCUT2D eigenvalue weighted by Crippen LogP contribution is -2.28. The van der Waals surface area contributed by atoms with Gasteiger partial charge in [-0.25, -0.2) is 0 Å². The SMILES string of the molecule is COc1cc(N)cc(N(C)CC2CC3CCC2C3)c1. The minimum atomic E-state index is 0.772. The van der Waals surface area contributed by atoms with Crippen molar-refractivity contribution in [2.24, 2.45) is 17.8 Å². The quantitative estimate of drug-likeness (QED) is 0.845. The lowest BCUT2D eigenvalue weighted by Gasteiger charge is -2.29. The van der Waals surface area contributed by atoms with Gasteiger partial charge in [0.15, 0.2) is 0 Å². The van der Waals surface area contributed by atoms with Crippen LogP contribution in [0.15, 0.2) is 18.2 Å². The maximum Gasteiger partial charge on any atom is 0.122 e. The van der Waals surface area contributed by atoms with Crippen molar-refractivity contribution < 1.29 is 4.74 Å². The van der Waals surface area contributed by atoms with Crippen LogP contribution in [0.25, 0.3) is 0 Å². The van der Waals surface area contributed by atoms with Gasteiger partial charge in [0.05, 0.1) is 7.11 Å². The molecule has 1 aromatic carbocycles. The number of benzene rings is 1. The number of fused-ring (bicyclic) bond motifs is 2. The van der Waals surface area contributed by atoms with Gasteiger partial charge < -0.3 is 15.4 Å². The number of rotatable bonds is 4. The standard InChI is InChI=1S/C16H24N2O/c1-18(10-13-6-11-3-4-12(13)5-11)15-7-14(17)8-16(9-15)19-2/h7-9,11-13H,3-6,10,17H2,1-2H3. The summed E-state index contributed by atoms with van der Waals surface area (Å²) >= 11 is 0. The van der Waals surface area contributed by atoms with Crippen LogP contribution in [0.1, 0.15) is 25.7 Å². The van der Waals surface area contributed by atoms with Gasteiger partial charge in [-0.3, -0.25) is 0 Å². The Kier molecular flexibility index (Phi) is 3.29. The third kappa shape index (κ3) is 2.51. The first kappa shape index (κ1) is 12.6. The largest absolute Gasteiger partial charge is 0.497 e. The number of hydrogen-bond acceptors (Lipinski definition) is 3. The Labute approximate surface area is 115 Å². The molecule has 1 aromatic rings. The number of hydrogen-bond donors (Lipinski definition) is 1. The molecule has 2 bridgehead atoms. The first-order chi connectivity index (χ1) is 9.15. The third-order valence-corrected chi connectivity index (χ3v) is 4.98. The molecule has 0 heterocycles. The summed E-state index contributed by atoms with van der Waals surface area (Å²) in [4.78, 5) is 2.34. The van der Waals surface area contributed by atoms with Crippen molar-refractivity contribution in [3.63, 3.8) is 0 Å². The fourth-order valence-corrected chi connectivity index (χ4v) is 4.00. The van der Waals surface area contributed by atoms with Gasteiger partial charge in [-0.2, -0.15) is 0 Å². The summed E-state index contributed by atoms with van der Waals surface area (Å²) in [7, 11) is 3.86. The topological polar surface area (TPSA) is 38.5 Å². The van der Waals surface area contributed by atoms with Gasteiger partial charge in [-0.05, 0) is 43.1 Å². The smallest absolute Gasteiger partial charge is 0.122 e. The normalized spacial score (nSPS) is 28.6. The molecule has 2 saturated carbocycles. The van der Waals surface area contributed by atoms with Crippen LogP contribution >= 0.6 is 0 Å². The van der Waals surface area contributed by atoms with Crippen LogP contribution in [0.5, 0.6) is 5.75 Å². The van der Waals surface area contributed by atoms with Crippen LogP contribution in [-0.4, -0.2) is 20.7 Å². The highest BCUT2D eigenvalue weighted by atomic mass is 16.5. The molecule has 0 amide bonds. The van der Waals surface area contributed by atoms with E-state index in [2.05, 4.69) is 18.0 Å². The predicted octanol–water partition coefficient (Wildman–Crippen LogP) is 3.15. The summed E-state index contributed by atoms with van der Waals surface area (Å²) in [6.45, 7) is 1.15. The van der Waals surface area contributed by atoms with E-state index in [9.17, 15) is 0 Å². The molecule has 2 fully saturated rings. The van der Waals surface area contributed by atoms with Gasteiger partial charge in [0.1, 0.15) is 5.75 Å². The van der Waals surface area contributed by atoms with Gasteiger partial charge in [0.2, 0.25) is 0 Å². The number of anilines is 2. The van der Waals surface area contributed by atoms with Crippen molar-refractivity contribution in [1.82, 2.24) is 0 Å². The Morgan fingerprint density at radius 1 is 1.26 bits per heavy atom. The molecule has 2 N–H and O–H groups in total. The fraction of sp³-hybridized carbons (Fsp3) is 0.625. The van der Waals surface area contributed by atoms with E-state index in [-0.39, 0.29) is 0 Å². The molecule has 3 atom stereocenters. The third-order valence-electron chi connectivity index (χ3n) is 4.98. The molecule has 3 rings (SSSR count). The zero-order valence-corrected chi connectivity index (χ0v) is 11.9. The molecule has 0 aromatic heterocycles. The Bertz CT molecular complexity index is 460. The minimum Gasteiger partial charge on any atom is -0.497 e. The summed E-state index contributed by atoms with van der Waals surface area (Å²) in [6.07, 6.45) is 5.81. The molecule has 0 radical (unpaired) electrons. The zero-order valence-electron chi connectivity index (χ0n) is 11.9. The van der Waals surface area contributed by atoms with Crippen molar-refractivity contribution >= 4 is 11.4 Å². The number of methoxy groups -OCH3 is 1. The predicted molar refractivity (Wildman–Crippen MR) is 79.6 cm³/mol. The average molecular weight is 260 g/mol. The Hall–Kier alpha value is -1.38. The van der Waals surface area contributed by atoms with Crippen LogP contribution in [0, 0.1) is 17.8 Å². The van der Waals surface area contributed by atoms with E-state index in [0.717, 1.165) is 35.7 Å². The molecule has 0 aliphatic heterocycles. The molecule has 2 aliphatic rings. The molecule has 0 saturated heterocycles. The minimum absolute atomic E-state index is 0.772. The first-order valence-electron chi connectivity index (χ1n) is 7.31. The van der Waals surface area contributed by atoms with Crippen molar-refractivity contribution in [2.75, 3.05) is 31.3 Å². The van der Waals surface area contributed by atoms with Crippen LogP contribution < -0.4 is 15.4 Å². The van der Waals surface area contributed by atoms with Crippen LogP contribution in [0.2, 0.25) is 0 Å². The summed E-state index contributed by atoms with van der Waals surface area (Å²) in [5.41, 5.74) is 7.87. The van der Waals surface area contributed by atoms with E-state index in [0.29, 0.717) is 0 Å². The molecule has 104 valence electrons. The van der Waals surface area contributed by atoms with E-state index in [1.165, 1.54) is 31.4 Å². The lowest BCUT2D eigenvalue weighted by molar-refractivity contribution is 0.337. The second-order valence-corrected chi connectivity index (χ2v) is 6.28. The van der Waals surface area contributed by atoms with E-state index < -0.39 is 0 Å². The summed E-state index contributed by atoms with van der Waals surface area (Å²) in [5, 5.41) is 0. The van der Waals surface area contributed by atoms with Gasteiger partial charge >= 0.3 is 0 Å². The van der Waals surface area contributed by atoms with Crippen molar-refractivity contribution in [3.05, 3.63) is 18.2 Å². The Morgan fingerprint density at radius 3 is 2.74 bits per heavy atom. The summed E-state index contributed by atoms with van der Waals surface area (Å²) in [5.74, 6) is 3.69. The highest BCUT2D eigenvalue weighted by Crippen LogP contribution is 2.48. The van der Waals surface area contributed by atoms with Crippen LogP contribution in [0.3, 0.4) is 0 Å². The Morgan fingerprint density at radius 2 is 2.11 bits per heavy atom. The highest BCUT2D eigenvalue weighted by molar-refractivity contribution is 5.60. The lowest BCUT2D eigenvalue weighted by atomic mass is 9.88. The maximum absolute atomic E-state index is 5.93. The monoisotopic (exact) mass is 260 g/mol. The van der Waals surface area contributed by atoms with Gasteiger partial charge in [0.25, 0.3) is 0 Å². The van der Waals surface area contributed by atoms with Gasteiger partial charge in [-0.1, -0.05) is 6.42 Å². The number of ether oxygens (including phenoxy) is 1. The molecular weight excluding hydrogens is 236 g/mol. The fourth-order valence-electron chi connectivity index (χ4n) is 4.00. The first-order valence-corrected chi connectivity index (χ1v) is 7.31. The molecule has 3 nitrogen and oxygen atoms in total. The molecule has 0 spiro atoms. The van der Waals surface area contributed by atoms with E-state index in [1.54, 1.807) is 7.11 Å². The molecule has 3 heteroatoms. The van der Waals surface area contributed by atoms with Crippen LogP contribution in [0.4, 0.5) is 11.4 Å². The number of nitrogen functional groups attached to an aromatic ring is 1. The summed E-state index contributed by atoms with van der Waals surface area (Å²) in [6, 6.07) is 5.98. The number of nitrogens with two attached hydrogens (primary N) is 1. The summed E-state index contributed by atoms with van der Waals surface area (Å²) < 4.78 is 5.30. The van der Waals surface area contributed by atoms with Crippen molar-refractivity contribution in [1.29, 1.82) is 0 Å². The average Bonchev–Trinajstić information content (AvgIpc) is 3.00. The van der Waals surface area contributed by atoms with Gasteiger partial charge in [-0.15, -0.1) is 0 Å². The zero-order chi connectivity index (χ0) is 13.4. The van der Waals surface area contributed by atoms with E-state index in [4.69, 9.17) is 10.5 Å². The van der Waals surface area contributed by atoms with Crippen molar-refractivity contribution in [3.8, 4) is 5.75 Å². The molecule has 2 aliphatic carbocycles. The molecule has 3 unspecified atom stereocenters. The van der Waals surface area contributed by atoms with E-state index in [1.807, 2.05) is 12.1 Å². The number of nitrogens with zero attached hydrogens (tertiary/aromatic N) is 1. The molecular formula is C16H24N2O.